The lowest BCUT2D eigenvalue weighted by molar-refractivity contribution is 0.361. The predicted molar refractivity (Wildman–Crippen MR) is 65.1 cm³/mol. The normalized spacial score (nSPS) is 12.7. The van der Waals surface area contributed by atoms with Crippen LogP contribution in [-0.2, 0) is 0 Å². The smallest absolute Gasteiger partial charge is 0.200 e. The first-order valence-corrected chi connectivity index (χ1v) is 6.25. The van der Waals surface area contributed by atoms with Gasteiger partial charge in [0.25, 0.3) is 0 Å². The first kappa shape index (κ1) is 15.5. The van der Waals surface area contributed by atoms with Crippen molar-refractivity contribution < 1.29 is 26.4 Å². The molecule has 0 bridgehead atoms. The van der Waals surface area contributed by atoms with Gasteiger partial charge in [-0.2, -0.15) is 0 Å². The highest BCUT2D eigenvalue weighted by Gasteiger charge is 2.31. The van der Waals surface area contributed by atoms with Crippen LogP contribution in [0.1, 0.15) is 30.5 Å². The number of hydrogen-bond acceptors (Lipinski definition) is 2. The van der Waals surface area contributed by atoms with Gasteiger partial charge in [-0.05, 0) is 19.0 Å². The van der Waals surface area contributed by atoms with Gasteiger partial charge in [-0.1, -0.05) is 6.92 Å². The van der Waals surface area contributed by atoms with Gasteiger partial charge in [0.05, 0.1) is 24.1 Å². The zero-order chi connectivity index (χ0) is 15.6. The minimum absolute atomic E-state index is 0.270. The second-order valence-corrected chi connectivity index (χ2v) is 4.43. The highest BCUT2D eigenvalue weighted by Crippen LogP contribution is 2.31. The van der Waals surface area contributed by atoms with E-state index in [-0.39, 0.29) is 5.56 Å². The maximum absolute atomic E-state index is 13.9. The molecule has 114 valence electrons. The molecule has 2 aromatic rings. The minimum Gasteiger partial charge on any atom is -0.472 e. The molecule has 0 fully saturated rings. The molecule has 0 aliphatic carbocycles. The lowest BCUT2D eigenvalue weighted by Crippen LogP contribution is -2.26. The van der Waals surface area contributed by atoms with E-state index in [0.29, 0.717) is 13.0 Å². The van der Waals surface area contributed by atoms with Crippen LogP contribution in [0.25, 0.3) is 0 Å². The summed E-state index contributed by atoms with van der Waals surface area (Å²) in [7, 11) is 0. The summed E-state index contributed by atoms with van der Waals surface area (Å²) in [5.74, 6) is -9.79. The van der Waals surface area contributed by atoms with Gasteiger partial charge in [0, 0.05) is 5.56 Å². The van der Waals surface area contributed by atoms with E-state index >= 15 is 0 Å². The topological polar surface area (TPSA) is 25.2 Å². The Labute approximate surface area is 117 Å². The number of benzene rings is 1. The maximum atomic E-state index is 13.9. The summed E-state index contributed by atoms with van der Waals surface area (Å²) in [6, 6.07) is 0.207. The molecule has 21 heavy (non-hydrogen) atoms. The van der Waals surface area contributed by atoms with Crippen molar-refractivity contribution in [2.24, 2.45) is 0 Å². The van der Waals surface area contributed by atoms with Crippen LogP contribution in [0.3, 0.4) is 0 Å². The van der Waals surface area contributed by atoms with Crippen molar-refractivity contribution >= 4 is 0 Å². The Balaban J connectivity index is 2.60. The highest BCUT2D eigenvalue weighted by atomic mass is 19.2. The third-order valence-corrected chi connectivity index (χ3v) is 3.01. The van der Waals surface area contributed by atoms with Gasteiger partial charge in [0.15, 0.2) is 23.3 Å². The van der Waals surface area contributed by atoms with Gasteiger partial charge in [0.1, 0.15) is 0 Å². The van der Waals surface area contributed by atoms with Crippen LogP contribution in [0, 0.1) is 29.1 Å². The first-order valence-electron chi connectivity index (χ1n) is 6.25. The molecule has 1 N–H and O–H groups in total. The van der Waals surface area contributed by atoms with Crippen LogP contribution in [0.5, 0.6) is 0 Å². The van der Waals surface area contributed by atoms with E-state index in [2.05, 4.69) is 5.32 Å². The lowest BCUT2D eigenvalue weighted by Gasteiger charge is -2.19. The molecule has 0 saturated heterocycles. The summed E-state index contributed by atoms with van der Waals surface area (Å²) in [5.41, 5.74) is -0.645. The molecular weight excluding hydrogens is 293 g/mol. The van der Waals surface area contributed by atoms with Crippen LogP contribution in [0.2, 0.25) is 0 Å². The molecule has 7 heteroatoms. The molecule has 0 aliphatic rings. The summed E-state index contributed by atoms with van der Waals surface area (Å²) in [6.45, 7) is 2.13. The Kier molecular flexibility index (Phi) is 4.62. The fourth-order valence-corrected chi connectivity index (χ4v) is 1.99. The molecule has 0 aliphatic heterocycles. The van der Waals surface area contributed by atoms with Gasteiger partial charge in [-0.25, -0.2) is 22.0 Å². The molecule has 2 rings (SSSR count). The molecule has 2 nitrogen and oxygen atoms in total. The predicted octanol–water partition coefficient (Wildman–Crippen LogP) is 4.06. The quantitative estimate of drug-likeness (QED) is 0.512. The maximum Gasteiger partial charge on any atom is 0.200 e. The summed E-state index contributed by atoms with van der Waals surface area (Å²) >= 11 is 0. The highest BCUT2D eigenvalue weighted by molar-refractivity contribution is 5.34. The fourth-order valence-electron chi connectivity index (χ4n) is 1.99. The number of halogens is 5. The fraction of sp³-hybridized carbons (Fsp3) is 0.286. The third-order valence-electron chi connectivity index (χ3n) is 3.01. The van der Waals surface area contributed by atoms with Crippen molar-refractivity contribution in [2.75, 3.05) is 6.54 Å². The Hall–Kier alpha value is -1.89. The summed E-state index contributed by atoms with van der Waals surface area (Å²) < 4.78 is 72.3. The second-order valence-electron chi connectivity index (χ2n) is 4.43. The molecule has 1 aromatic carbocycles. The van der Waals surface area contributed by atoms with E-state index < -0.39 is 40.7 Å². The van der Waals surface area contributed by atoms with E-state index in [1.807, 2.05) is 0 Å². The van der Waals surface area contributed by atoms with Gasteiger partial charge in [-0.3, -0.25) is 0 Å². The van der Waals surface area contributed by atoms with Crippen LogP contribution in [0.4, 0.5) is 22.0 Å². The van der Waals surface area contributed by atoms with Crippen molar-refractivity contribution in [3.05, 3.63) is 58.8 Å². The molecule has 1 atom stereocenters. The summed E-state index contributed by atoms with van der Waals surface area (Å²) in [4.78, 5) is 0. The number of rotatable bonds is 5. The standard InChI is InChI=1S/C14H12F5NO/c1-2-4-20-14(7-3-5-21-6-7)8-9(15)11(17)13(19)12(18)10(8)16/h3,5-6,14,20H,2,4H2,1H3. The molecule has 1 heterocycles. The van der Waals surface area contributed by atoms with E-state index in [9.17, 15) is 22.0 Å². The van der Waals surface area contributed by atoms with E-state index in [1.54, 1.807) is 6.92 Å². The zero-order valence-corrected chi connectivity index (χ0v) is 11.0. The van der Waals surface area contributed by atoms with Crippen molar-refractivity contribution in [3.63, 3.8) is 0 Å². The number of nitrogens with one attached hydrogen (secondary N) is 1. The van der Waals surface area contributed by atoms with Crippen LogP contribution in [-0.4, -0.2) is 6.54 Å². The van der Waals surface area contributed by atoms with Crippen molar-refractivity contribution in [2.45, 2.75) is 19.4 Å². The van der Waals surface area contributed by atoms with Crippen molar-refractivity contribution in [1.29, 1.82) is 0 Å². The Morgan fingerprint density at radius 1 is 1.00 bits per heavy atom. The average molecular weight is 305 g/mol. The number of furan rings is 1. The second kappa shape index (κ2) is 6.26. The average Bonchev–Trinajstić information content (AvgIpc) is 3.00. The van der Waals surface area contributed by atoms with Crippen molar-refractivity contribution in [1.82, 2.24) is 5.32 Å². The molecule has 0 saturated carbocycles. The van der Waals surface area contributed by atoms with Crippen molar-refractivity contribution in [3.8, 4) is 0 Å². The van der Waals surface area contributed by atoms with Crippen LogP contribution in [0.15, 0.2) is 23.0 Å². The van der Waals surface area contributed by atoms with Crippen LogP contribution >= 0.6 is 0 Å². The van der Waals surface area contributed by atoms with Gasteiger partial charge in [-0.15, -0.1) is 0 Å². The first-order chi connectivity index (χ1) is 9.99. The van der Waals surface area contributed by atoms with Gasteiger partial charge >= 0.3 is 0 Å². The minimum atomic E-state index is -2.17. The molecule has 0 spiro atoms. The monoisotopic (exact) mass is 305 g/mol. The Morgan fingerprint density at radius 2 is 1.57 bits per heavy atom. The van der Waals surface area contributed by atoms with E-state index in [4.69, 9.17) is 4.42 Å². The Morgan fingerprint density at radius 3 is 2.05 bits per heavy atom. The summed E-state index contributed by atoms with van der Waals surface area (Å²) in [6.07, 6.45) is 3.05. The summed E-state index contributed by atoms with van der Waals surface area (Å²) in [5, 5.41) is 2.75. The van der Waals surface area contributed by atoms with Gasteiger partial charge < -0.3 is 9.73 Å². The lowest BCUT2D eigenvalue weighted by atomic mass is 9.99. The molecule has 0 radical (unpaired) electrons. The van der Waals surface area contributed by atoms with E-state index in [0.717, 1.165) is 0 Å². The van der Waals surface area contributed by atoms with E-state index in [1.165, 1.54) is 18.6 Å². The van der Waals surface area contributed by atoms with Crippen LogP contribution < -0.4 is 5.32 Å². The number of hydrogen-bond donors (Lipinski definition) is 1. The Bertz CT molecular complexity index is 598. The zero-order valence-electron chi connectivity index (χ0n) is 11.0. The molecule has 0 amide bonds. The van der Waals surface area contributed by atoms with Gasteiger partial charge in [0.2, 0.25) is 5.82 Å². The molecule has 1 unspecified atom stereocenters. The third kappa shape index (κ3) is 2.78. The molecular formula is C14H12F5NO. The SMILES string of the molecule is CCCNC(c1ccoc1)c1c(F)c(F)c(F)c(F)c1F. The largest absolute Gasteiger partial charge is 0.472 e. The molecule has 1 aromatic heterocycles.